The highest BCUT2D eigenvalue weighted by Gasteiger charge is 2.50. The number of hydrogen-bond acceptors (Lipinski definition) is 8. The minimum absolute atomic E-state index is 0.0590. The fourth-order valence-electron chi connectivity index (χ4n) is 3.20. The van der Waals surface area contributed by atoms with Gasteiger partial charge in [-0.05, 0) is 6.07 Å². The van der Waals surface area contributed by atoms with E-state index in [0.29, 0.717) is 5.56 Å². The molecular formula is C18H20F4N6O3. The summed E-state index contributed by atoms with van der Waals surface area (Å²) in [6.45, 7) is -0.978. The molecule has 0 amide bonds. The molecular weight excluding hydrogens is 424 g/mol. The smallest absolute Gasteiger partial charge is 0.345 e. The molecule has 168 valence electrons. The van der Waals surface area contributed by atoms with Gasteiger partial charge in [-0.3, -0.25) is 4.99 Å². The van der Waals surface area contributed by atoms with Gasteiger partial charge in [0.15, 0.2) is 5.49 Å². The number of aromatic nitrogens is 4. The second kappa shape index (κ2) is 8.88. The van der Waals surface area contributed by atoms with Crippen molar-refractivity contribution in [1.82, 2.24) is 19.7 Å². The van der Waals surface area contributed by atoms with Crippen molar-refractivity contribution in [3.63, 3.8) is 0 Å². The molecule has 13 heteroatoms. The summed E-state index contributed by atoms with van der Waals surface area (Å²) >= 11 is 0. The highest BCUT2D eigenvalue weighted by atomic mass is 19.3. The van der Waals surface area contributed by atoms with Gasteiger partial charge < -0.3 is 19.1 Å². The van der Waals surface area contributed by atoms with Gasteiger partial charge in [-0.25, -0.2) is 18.4 Å². The molecule has 3 rings (SSSR count). The number of hydrogen-bond donors (Lipinski definition) is 0. The van der Waals surface area contributed by atoms with Crippen LogP contribution < -0.4 is 19.9 Å². The van der Waals surface area contributed by atoms with Crippen molar-refractivity contribution in [2.24, 2.45) is 4.99 Å². The van der Waals surface area contributed by atoms with Crippen molar-refractivity contribution in [3.8, 4) is 23.1 Å². The Kier molecular flexibility index (Phi) is 6.43. The predicted octanol–water partition coefficient (Wildman–Crippen LogP) is 2.05. The molecule has 2 aromatic heterocycles. The molecule has 0 radical (unpaired) electrons. The van der Waals surface area contributed by atoms with Gasteiger partial charge in [0, 0.05) is 19.4 Å². The van der Waals surface area contributed by atoms with E-state index in [2.05, 4.69) is 31.4 Å². The van der Waals surface area contributed by atoms with E-state index in [9.17, 15) is 17.6 Å². The lowest BCUT2D eigenvalue weighted by molar-refractivity contribution is -0.210. The van der Waals surface area contributed by atoms with Gasteiger partial charge >= 0.3 is 12.6 Å². The molecule has 0 spiro atoms. The van der Waals surface area contributed by atoms with Crippen LogP contribution in [0, 0.1) is 0 Å². The Morgan fingerprint density at radius 1 is 1.32 bits per heavy atom. The summed E-state index contributed by atoms with van der Waals surface area (Å²) in [4.78, 5) is 13.4. The number of rotatable bonds is 7. The van der Waals surface area contributed by atoms with Crippen LogP contribution in [0.25, 0.3) is 17.5 Å². The van der Waals surface area contributed by atoms with E-state index in [-0.39, 0.29) is 28.8 Å². The minimum atomic E-state index is -3.50. The zero-order valence-electron chi connectivity index (χ0n) is 16.9. The molecule has 9 nitrogen and oxygen atoms in total. The van der Waals surface area contributed by atoms with Crippen LogP contribution in [0.5, 0.6) is 11.9 Å². The first-order chi connectivity index (χ1) is 14.7. The van der Waals surface area contributed by atoms with Crippen LogP contribution in [-0.2, 0) is 4.74 Å². The van der Waals surface area contributed by atoms with Gasteiger partial charge in [-0.2, -0.15) is 18.9 Å². The molecule has 1 fully saturated rings. The van der Waals surface area contributed by atoms with Gasteiger partial charge in [-0.1, -0.05) is 6.58 Å². The summed E-state index contributed by atoms with van der Waals surface area (Å²) in [6, 6.07) is 1.53. The van der Waals surface area contributed by atoms with Crippen molar-refractivity contribution < 1.29 is 31.8 Å². The lowest BCUT2D eigenvalue weighted by Gasteiger charge is -2.20. The van der Waals surface area contributed by atoms with E-state index in [4.69, 9.17) is 9.47 Å². The monoisotopic (exact) mass is 444 g/mol. The average Bonchev–Trinajstić information content (AvgIpc) is 3.05. The molecule has 3 heterocycles. The number of ether oxygens (including phenoxy) is 3. The Hall–Kier alpha value is -3.22. The lowest BCUT2D eigenvalue weighted by atomic mass is 10.2. The van der Waals surface area contributed by atoms with Gasteiger partial charge in [0.05, 0.1) is 38.6 Å². The standard InChI is InChI=1S/C18H20F4N6O3/c1-5-28-14(23-2)12(27-8-13(31-16(19)20)18(21,22)9-27)6-11(26-28)10-7-24-17(30-4)25-15(10)29-3/h5-7,13,16H,1,8-9H2,2-4H3. The summed E-state index contributed by atoms with van der Waals surface area (Å²) in [6.07, 6.45) is 0.742. The van der Waals surface area contributed by atoms with Crippen LogP contribution in [0.1, 0.15) is 0 Å². The Labute approximate surface area is 174 Å². The lowest BCUT2D eigenvalue weighted by Crippen LogP contribution is -2.35. The minimum Gasteiger partial charge on any atom is -0.480 e. The summed E-state index contributed by atoms with van der Waals surface area (Å²) < 4.78 is 69.5. The normalized spacial score (nSPS) is 18.5. The van der Waals surface area contributed by atoms with Crippen molar-refractivity contribution in [2.45, 2.75) is 18.6 Å². The van der Waals surface area contributed by atoms with Gasteiger partial charge in [0.1, 0.15) is 11.8 Å². The fraction of sp³-hybridized carbons (Fsp3) is 0.444. The predicted molar refractivity (Wildman–Crippen MR) is 102 cm³/mol. The molecule has 1 aliphatic heterocycles. The number of methoxy groups -OCH3 is 2. The van der Waals surface area contributed by atoms with E-state index in [1.165, 1.54) is 49.3 Å². The van der Waals surface area contributed by atoms with Crippen LogP contribution in [0.4, 0.5) is 23.2 Å². The van der Waals surface area contributed by atoms with E-state index in [0.717, 1.165) is 0 Å². The van der Waals surface area contributed by atoms with Crippen LogP contribution in [-0.4, -0.2) is 72.7 Å². The summed E-state index contributed by atoms with van der Waals surface area (Å²) in [5.74, 6) is -3.36. The Morgan fingerprint density at radius 3 is 2.65 bits per heavy atom. The van der Waals surface area contributed by atoms with Crippen LogP contribution in [0.15, 0.2) is 23.8 Å². The molecule has 1 unspecified atom stereocenters. The van der Waals surface area contributed by atoms with Crippen molar-refractivity contribution in [1.29, 1.82) is 0 Å². The molecule has 0 aromatic carbocycles. The molecule has 1 atom stereocenters. The number of halogens is 4. The second-order valence-corrected chi connectivity index (χ2v) is 6.40. The maximum Gasteiger partial charge on any atom is 0.345 e. The van der Waals surface area contributed by atoms with Gasteiger partial charge in [0.25, 0.3) is 5.92 Å². The largest absolute Gasteiger partial charge is 0.480 e. The van der Waals surface area contributed by atoms with Crippen LogP contribution in [0.3, 0.4) is 0 Å². The Balaban J connectivity index is 2.13. The van der Waals surface area contributed by atoms with Crippen molar-refractivity contribution in [2.75, 3.05) is 39.3 Å². The third-order valence-corrected chi connectivity index (χ3v) is 4.57. The van der Waals surface area contributed by atoms with Gasteiger partial charge in [0.2, 0.25) is 5.88 Å². The molecule has 0 saturated carbocycles. The zero-order chi connectivity index (χ0) is 22.8. The molecule has 1 saturated heterocycles. The number of nitrogens with zero attached hydrogens (tertiary/aromatic N) is 6. The van der Waals surface area contributed by atoms with Crippen LogP contribution in [0.2, 0.25) is 0 Å². The highest BCUT2D eigenvalue weighted by molar-refractivity contribution is 5.68. The van der Waals surface area contributed by atoms with E-state index in [1.807, 2.05) is 0 Å². The fourth-order valence-corrected chi connectivity index (χ4v) is 3.20. The molecule has 2 aromatic rings. The maximum absolute atomic E-state index is 14.3. The third-order valence-electron chi connectivity index (χ3n) is 4.57. The summed E-state index contributed by atoms with van der Waals surface area (Å²) in [7, 11) is 4.22. The van der Waals surface area contributed by atoms with E-state index in [1.54, 1.807) is 0 Å². The maximum atomic E-state index is 14.3. The SMILES string of the molecule is C=Cn1nc(-c2cnc(OC)nc2OC)cc(N2CC(OC(F)F)C(F)(F)C2)c1=NC. The van der Waals surface area contributed by atoms with E-state index >= 15 is 0 Å². The Morgan fingerprint density at radius 2 is 2.06 bits per heavy atom. The number of alkyl halides is 4. The number of anilines is 1. The second-order valence-electron chi connectivity index (χ2n) is 6.40. The zero-order valence-corrected chi connectivity index (χ0v) is 16.9. The third kappa shape index (κ3) is 4.45. The topological polar surface area (TPSA) is 86.9 Å². The van der Waals surface area contributed by atoms with Crippen LogP contribution >= 0.6 is 0 Å². The first kappa shape index (κ1) is 22.5. The average molecular weight is 444 g/mol. The Bertz CT molecular complexity index is 1030. The molecule has 1 aliphatic rings. The summed E-state index contributed by atoms with van der Waals surface area (Å²) in [5.41, 5.74) is 1.00. The molecule has 0 aliphatic carbocycles. The first-order valence-corrected chi connectivity index (χ1v) is 8.95. The molecule has 0 N–H and O–H groups in total. The summed E-state index contributed by atoms with van der Waals surface area (Å²) in [5, 5.41) is 4.37. The van der Waals surface area contributed by atoms with E-state index < -0.39 is 31.7 Å². The van der Waals surface area contributed by atoms with Gasteiger partial charge in [-0.15, -0.1) is 0 Å². The van der Waals surface area contributed by atoms with Crippen molar-refractivity contribution in [3.05, 3.63) is 24.3 Å². The first-order valence-electron chi connectivity index (χ1n) is 8.95. The highest BCUT2D eigenvalue weighted by Crippen LogP contribution is 2.35. The quantitative estimate of drug-likeness (QED) is 0.604. The molecule has 0 bridgehead atoms. The van der Waals surface area contributed by atoms with Crippen molar-refractivity contribution >= 4 is 11.9 Å². The molecule has 31 heavy (non-hydrogen) atoms.